The Labute approximate surface area is 136 Å². The first-order valence-electron chi connectivity index (χ1n) is 7.49. The number of carbonyl (C=O) groups excluding carboxylic acids is 1. The molecule has 0 saturated carbocycles. The Kier molecular flexibility index (Phi) is 5.41. The summed E-state index contributed by atoms with van der Waals surface area (Å²) in [6.07, 6.45) is 3.23. The average molecular weight is 311 g/mol. The van der Waals surface area contributed by atoms with Crippen molar-refractivity contribution in [2.75, 3.05) is 5.32 Å². The number of phenols is 1. The maximum Gasteiger partial charge on any atom is 0.248 e. The molecular weight excluding hydrogens is 290 g/mol. The molecule has 0 spiro atoms. The Morgan fingerprint density at radius 3 is 2.74 bits per heavy atom. The van der Waals surface area contributed by atoms with Crippen LogP contribution in [0.2, 0.25) is 0 Å². The summed E-state index contributed by atoms with van der Waals surface area (Å²) >= 11 is 0. The van der Waals surface area contributed by atoms with Crippen LogP contribution >= 0.6 is 0 Å². The van der Waals surface area contributed by atoms with Gasteiger partial charge in [0.05, 0.1) is 11.8 Å². The van der Waals surface area contributed by atoms with E-state index in [0.29, 0.717) is 5.69 Å². The number of ether oxygens (including phenoxy) is 1. The zero-order valence-corrected chi connectivity index (χ0v) is 13.5. The predicted molar refractivity (Wildman–Crippen MR) is 92.7 cm³/mol. The number of hydrogen-bond acceptors (Lipinski definition) is 3. The lowest BCUT2D eigenvalue weighted by Crippen LogP contribution is -2.08. The summed E-state index contributed by atoms with van der Waals surface area (Å²) in [7, 11) is 0. The van der Waals surface area contributed by atoms with E-state index >= 15 is 0 Å². The summed E-state index contributed by atoms with van der Waals surface area (Å²) < 4.78 is 5.62. The van der Waals surface area contributed by atoms with Gasteiger partial charge in [-0.2, -0.15) is 0 Å². The molecule has 0 aliphatic carbocycles. The van der Waals surface area contributed by atoms with E-state index in [1.54, 1.807) is 24.3 Å². The fourth-order valence-electron chi connectivity index (χ4n) is 2.06. The van der Waals surface area contributed by atoms with Gasteiger partial charge >= 0.3 is 0 Å². The minimum Gasteiger partial charge on any atom is -0.506 e. The molecule has 2 rings (SSSR count). The zero-order valence-electron chi connectivity index (χ0n) is 13.5. The van der Waals surface area contributed by atoms with Gasteiger partial charge in [0.15, 0.2) is 0 Å². The molecule has 0 aliphatic heterocycles. The summed E-state index contributed by atoms with van der Waals surface area (Å²) in [4.78, 5) is 12.0. The first kappa shape index (κ1) is 16.6. The lowest BCUT2D eigenvalue weighted by Gasteiger charge is -2.09. The van der Waals surface area contributed by atoms with Crippen molar-refractivity contribution in [3.05, 3.63) is 59.7 Å². The molecule has 1 amide bonds. The van der Waals surface area contributed by atoms with Crippen LogP contribution in [-0.2, 0) is 4.79 Å². The van der Waals surface area contributed by atoms with Gasteiger partial charge in [-0.1, -0.05) is 18.2 Å². The van der Waals surface area contributed by atoms with Crippen LogP contribution in [0.4, 0.5) is 5.69 Å². The summed E-state index contributed by atoms with van der Waals surface area (Å²) in [5.41, 5.74) is 2.23. The van der Waals surface area contributed by atoms with Crippen LogP contribution in [0, 0.1) is 6.92 Å². The van der Waals surface area contributed by atoms with Gasteiger partial charge in [-0.25, -0.2) is 0 Å². The van der Waals surface area contributed by atoms with Crippen LogP contribution in [0.25, 0.3) is 6.08 Å². The molecule has 0 aliphatic rings. The highest BCUT2D eigenvalue weighted by Gasteiger charge is 2.04. The maximum atomic E-state index is 12.0. The predicted octanol–water partition coefficient (Wildman–Crippen LogP) is 4.14. The van der Waals surface area contributed by atoms with Crippen LogP contribution in [-0.4, -0.2) is 17.1 Å². The van der Waals surface area contributed by atoms with E-state index in [1.165, 1.54) is 6.08 Å². The van der Waals surface area contributed by atoms with E-state index in [9.17, 15) is 9.90 Å². The van der Waals surface area contributed by atoms with Crippen molar-refractivity contribution in [2.24, 2.45) is 0 Å². The molecule has 4 nitrogen and oxygen atoms in total. The molecule has 0 bridgehead atoms. The molecule has 0 saturated heterocycles. The fraction of sp³-hybridized carbons (Fsp3) is 0.211. The number of hydrogen-bond donors (Lipinski definition) is 2. The summed E-state index contributed by atoms with van der Waals surface area (Å²) in [5.74, 6) is 0.504. The van der Waals surface area contributed by atoms with Gasteiger partial charge < -0.3 is 15.2 Å². The summed E-state index contributed by atoms with van der Waals surface area (Å²) in [5, 5.41) is 12.4. The van der Waals surface area contributed by atoms with Crippen LogP contribution in [0.5, 0.6) is 11.5 Å². The largest absolute Gasteiger partial charge is 0.506 e. The number of amides is 1. The Morgan fingerprint density at radius 2 is 2.00 bits per heavy atom. The molecular formula is C19H21NO3. The SMILES string of the molecule is Cc1ccc(O)c(NC(=O)/C=C/c2cccc(OC(C)C)c2)c1. The van der Waals surface area contributed by atoms with Crippen molar-refractivity contribution in [2.45, 2.75) is 26.9 Å². The lowest BCUT2D eigenvalue weighted by molar-refractivity contribution is -0.111. The molecule has 2 aromatic carbocycles. The summed E-state index contributed by atoms with van der Waals surface area (Å²) in [6.45, 7) is 5.82. The number of aryl methyl sites for hydroxylation is 1. The second-order valence-corrected chi connectivity index (χ2v) is 5.58. The minimum atomic E-state index is -0.305. The van der Waals surface area contributed by atoms with Crippen LogP contribution in [0.3, 0.4) is 0 Å². The summed E-state index contributed by atoms with van der Waals surface area (Å²) in [6, 6.07) is 12.6. The fourth-order valence-corrected chi connectivity index (χ4v) is 2.06. The monoisotopic (exact) mass is 311 g/mol. The molecule has 0 fully saturated rings. The Balaban J connectivity index is 2.05. The van der Waals surface area contributed by atoms with Crippen molar-refractivity contribution in [1.29, 1.82) is 0 Å². The molecule has 2 aromatic rings. The highest BCUT2D eigenvalue weighted by atomic mass is 16.5. The van der Waals surface area contributed by atoms with Crippen molar-refractivity contribution in [1.82, 2.24) is 0 Å². The van der Waals surface area contributed by atoms with Crippen molar-refractivity contribution in [3.8, 4) is 11.5 Å². The van der Waals surface area contributed by atoms with Crippen LogP contribution in [0.1, 0.15) is 25.0 Å². The third-order valence-electron chi connectivity index (χ3n) is 3.07. The molecule has 4 heteroatoms. The Hall–Kier alpha value is -2.75. The molecule has 0 unspecified atom stereocenters. The molecule has 2 N–H and O–H groups in total. The Morgan fingerprint density at radius 1 is 1.22 bits per heavy atom. The molecule has 23 heavy (non-hydrogen) atoms. The van der Waals surface area contributed by atoms with Gasteiger partial charge in [0, 0.05) is 6.08 Å². The molecule has 0 aromatic heterocycles. The first-order chi connectivity index (χ1) is 10.9. The first-order valence-corrected chi connectivity index (χ1v) is 7.49. The van der Waals surface area contributed by atoms with Crippen LogP contribution in [0.15, 0.2) is 48.5 Å². The number of phenolic OH excluding ortho intramolecular Hbond substituents is 1. The normalized spacial score (nSPS) is 11.0. The standard InChI is InChI=1S/C19H21NO3/c1-13(2)23-16-6-4-5-15(12-16)8-10-19(22)20-17-11-14(3)7-9-18(17)21/h4-13,21H,1-3H3,(H,20,22)/b10-8+. The van der Waals surface area contributed by atoms with E-state index in [1.807, 2.05) is 45.0 Å². The van der Waals surface area contributed by atoms with E-state index in [2.05, 4.69) is 5.32 Å². The second-order valence-electron chi connectivity index (χ2n) is 5.58. The number of rotatable bonds is 5. The Bertz CT molecular complexity index is 720. The topological polar surface area (TPSA) is 58.6 Å². The van der Waals surface area contributed by atoms with Gasteiger partial charge in [0.1, 0.15) is 11.5 Å². The van der Waals surface area contributed by atoms with E-state index < -0.39 is 0 Å². The quantitative estimate of drug-likeness (QED) is 0.644. The minimum absolute atomic E-state index is 0.0460. The molecule has 120 valence electrons. The third-order valence-corrected chi connectivity index (χ3v) is 3.07. The van der Waals surface area contributed by atoms with Gasteiger partial charge in [0.25, 0.3) is 0 Å². The smallest absolute Gasteiger partial charge is 0.248 e. The average Bonchev–Trinajstić information content (AvgIpc) is 2.49. The number of nitrogens with one attached hydrogen (secondary N) is 1. The van der Waals surface area contributed by atoms with Gasteiger partial charge in [-0.05, 0) is 62.2 Å². The maximum absolute atomic E-state index is 12.0. The lowest BCUT2D eigenvalue weighted by atomic mass is 10.2. The van der Waals surface area contributed by atoms with Gasteiger partial charge in [-0.3, -0.25) is 4.79 Å². The van der Waals surface area contributed by atoms with E-state index in [-0.39, 0.29) is 17.8 Å². The third kappa shape index (κ3) is 5.18. The highest BCUT2D eigenvalue weighted by molar-refractivity contribution is 6.02. The zero-order chi connectivity index (χ0) is 16.8. The van der Waals surface area contributed by atoms with Gasteiger partial charge in [0.2, 0.25) is 5.91 Å². The van der Waals surface area contributed by atoms with E-state index in [4.69, 9.17) is 4.74 Å². The highest BCUT2D eigenvalue weighted by Crippen LogP contribution is 2.24. The van der Waals surface area contributed by atoms with Crippen LogP contribution < -0.4 is 10.1 Å². The number of benzene rings is 2. The van der Waals surface area contributed by atoms with Crippen molar-refractivity contribution >= 4 is 17.7 Å². The van der Waals surface area contributed by atoms with Gasteiger partial charge in [-0.15, -0.1) is 0 Å². The number of aromatic hydroxyl groups is 1. The number of carbonyl (C=O) groups is 1. The molecule has 0 heterocycles. The molecule has 0 atom stereocenters. The number of anilines is 1. The molecule has 0 radical (unpaired) electrons. The second kappa shape index (κ2) is 7.49. The van der Waals surface area contributed by atoms with Crippen molar-refractivity contribution in [3.63, 3.8) is 0 Å². The van der Waals surface area contributed by atoms with E-state index in [0.717, 1.165) is 16.9 Å². The van der Waals surface area contributed by atoms with Crippen molar-refractivity contribution < 1.29 is 14.6 Å².